The highest BCUT2D eigenvalue weighted by Gasteiger charge is 2.14. The van der Waals surface area contributed by atoms with Gasteiger partial charge in [0.25, 0.3) is 0 Å². The van der Waals surface area contributed by atoms with Crippen LogP contribution in [0, 0.1) is 11.3 Å². The minimum absolute atomic E-state index is 0.222. The van der Waals surface area contributed by atoms with Crippen LogP contribution < -0.4 is 11.1 Å². The largest absolute Gasteiger partial charge is 0.382 e. The van der Waals surface area contributed by atoms with Gasteiger partial charge in [0, 0.05) is 13.2 Å². The summed E-state index contributed by atoms with van der Waals surface area (Å²) in [4.78, 5) is 8.06. The van der Waals surface area contributed by atoms with E-state index in [1.807, 2.05) is 6.07 Å². The van der Waals surface area contributed by atoms with Gasteiger partial charge in [-0.05, 0) is 32.1 Å². The summed E-state index contributed by atoms with van der Waals surface area (Å²) in [5, 5.41) is 11.8. The van der Waals surface area contributed by atoms with Gasteiger partial charge in [0.2, 0.25) is 5.95 Å². The third kappa shape index (κ3) is 4.07. The molecule has 2 heterocycles. The number of nitrogen functional groups attached to an aromatic ring is 1. The number of nitrogens with zero attached hydrogens (tertiary/aromatic N) is 3. The van der Waals surface area contributed by atoms with Gasteiger partial charge in [-0.15, -0.1) is 0 Å². The third-order valence-electron chi connectivity index (χ3n) is 3.20. The van der Waals surface area contributed by atoms with Crippen LogP contribution >= 0.6 is 0 Å². The van der Waals surface area contributed by atoms with Gasteiger partial charge >= 0.3 is 0 Å². The Balaban J connectivity index is 1.65. The maximum absolute atomic E-state index is 8.72. The molecule has 19 heavy (non-hydrogen) atoms. The van der Waals surface area contributed by atoms with E-state index in [1.54, 1.807) is 0 Å². The lowest BCUT2D eigenvalue weighted by Crippen LogP contribution is -2.09. The molecule has 0 aromatic carbocycles. The van der Waals surface area contributed by atoms with Gasteiger partial charge in [-0.1, -0.05) is 0 Å². The highest BCUT2D eigenvalue weighted by atomic mass is 16.5. The topological polar surface area (TPSA) is 96.8 Å². The Morgan fingerprint density at radius 2 is 2.42 bits per heavy atom. The Morgan fingerprint density at radius 3 is 3.11 bits per heavy atom. The summed E-state index contributed by atoms with van der Waals surface area (Å²) < 4.78 is 5.57. The van der Waals surface area contributed by atoms with Gasteiger partial charge in [-0.25, -0.2) is 4.98 Å². The SMILES string of the molecule is N#Cc1cnc(NCCCCC2CCCO2)nc1N. The second-order valence-corrected chi connectivity index (χ2v) is 4.66. The van der Waals surface area contributed by atoms with E-state index in [0.717, 1.165) is 32.4 Å². The smallest absolute Gasteiger partial charge is 0.224 e. The second kappa shape index (κ2) is 6.90. The van der Waals surface area contributed by atoms with E-state index < -0.39 is 0 Å². The zero-order valence-electron chi connectivity index (χ0n) is 10.9. The molecular weight excluding hydrogens is 242 g/mol. The number of nitrogens with two attached hydrogens (primary N) is 1. The highest BCUT2D eigenvalue weighted by Crippen LogP contribution is 2.17. The van der Waals surface area contributed by atoms with E-state index in [9.17, 15) is 0 Å². The number of unbranched alkanes of at least 4 members (excludes halogenated alkanes) is 1. The number of hydrogen-bond donors (Lipinski definition) is 2. The van der Waals surface area contributed by atoms with E-state index in [0.29, 0.717) is 17.6 Å². The summed E-state index contributed by atoms with van der Waals surface area (Å²) in [7, 11) is 0. The van der Waals surface area contributed by atoms with E-state index in [-0.39, 0.29) is 5.82 Å². The summed E-state index contributed by atoms with van der Waals surface area (Å²) in [5.41, 5.74) is 5.92. The van der Waals surface area contributed by atoms with Crippen molar-refractivity contribution >= 4 is 11.8 Å². The number of nitriles is 1. The Morgan fingerprint density at radius 1 is 1.53 bits per heavy atom. The van der Waals surface area contributed by atoms with Crippen LogP contribution in [0.4, 0.5) is 11.8 Å². The Bertz CT molecular complexity index is 451. The molecule has 1 aliphatic heterocycles. The lowest BCUT2D eigenvalue weighted by molar-refractivity contribution is 0.102. The van der Waals surface area contributed by atoms with Crippen molar-refractivity contribution in [2.45, 2.75) is 38.2 Å². The lowest BCUT2D eigenvalue weighted by atomic mass is 10.1. The van der Waals surface area contributed by atoms with Gasteiger partial charge in [-0.3, -0.25) is 0 Å². The van der Waals surface area contributed by atoms with Crippen LogP contribution in [0.2, 0.25) is 0 Å². The molecule has 1 aromatic heterocycles. The minimum Gasteiger partial charge on any atom is -0.382 e. The first-order chi connectivity index (χ1) is 9.29. The quantitative estimate of drug-likeness (QED) is 0.756. The average Bonchev–Trinajstić information content (AvgIpc) is 2.92. The zero-order valence-corrected chi connectivity index (χ0v) is 10.9. The minimum atomic E-state index is 0.222. The number of ether oxygens (including phenoxy) is 1. The van der Waals surface area contributed by atoms with Crippen LogP contribution in [0.3, 0.4) is 0 Å². The molecule has 0 saturated carbocycles. The molecule has 102 valence electrons. The molecule has 6 heteroatoms. The van der Waals surface area contributed by atoms with E-state index in [1.165, 1.54) is 19.0 Å². The molecule has 1 aliphatic rings. The van der Waals surface area contributed by atoms with Crippen LogP contribution in [-0.2, 0) is 4.74 Å². The number of aromatic nitrogens is 2. The second-order valence-electron chi connectivity index (χ2n) is 4.66. The van der Waals surface area contributed by atoms with Crippen LogP contribution in [-0.4, -0.2) is 29.2 Å². The van der Waals surface area contributed by atoms with Crippen molar-refractivity contribution in [1.82, 2.24) is 9.97 Å². The number of hydrogen-bond acceptors (Lipinski definition) is 6. The lowest BCUT2D eigenvalue weighted by Gasteiger charge is -2.09. The van der Waals surface area contributed by atoms with E-state index in [2.05, 4.69) is 15.3 Å². The standard InChI is InChI=1S/C13H19N5O/c14-8-10-9-17-13(18-12(10)15)16-6-2-1-4-11-5-3-7-19-11/h9,11H,1-7H2,(H3,15,16,17,18). The van der Waals surface area contributed by atoms with Gasteiger partial charge in [0.15, 0.2) is 0 Å². The molecule has 3 N–H and O–H groups in total. The van der Waals surface area contributed by atoms with Crippen molar-refractivity contribution in [1.29, 1.82) is 5.26 Å². The first-order valence-corrected chi connectivity index (χ1v) is 6.67. The van der Waals surface area contributed by atoms with Crippen molar-refractivity contribution in [3.05, 3.63) is 11.8 Å². The van der Waals surface area contributed by atoms with Crippen LogP contribution in [0.15, 0.2) is 6.20 Å². The Hall–Kier alpha value is -1.87. The van der Waals surface area contributed by atoms with Gasteiger partial charge < -0.3 is 15.8 Å². The first kappa shape index (κ1) is 13.6. The van der Waals surface area contributed by atoms with E-state index >= 15 is 0 Å². The van der Waals surface area contributed by atoms with Crippen LogP contribution in [0.25, 0.3) is 0 Å². The van der Waals surface area contributed by atoms with Gasteiger partial charge in [0.05, 0.1) is 12.3 Å². The maximum Gasteiger partial charge on any atom is 0.224 e. The van der Waals surface area contributed by atoms with Crippen molar-refractivity contribution in [2.75, 3.05) is 24.2 Å². The predicted octanol–water partition coefficient (Wildman–Crippen LogP) is 1.69. The predicted molar refractivity (Wildman–Crippen MR) is 72.5 cm³/mol. The fraction of sp³-hybridized carbons (Fsp3) is 0.615. The summed E-state index contributed by atoms with van der Waals surface area (Å²) in [5.74, 6) is 0.702. The van der Waals surface area contributed by atoms with Gasteiger partial charge in [-0.2, -0.15) is 10.2 Å². The summed E-state index contributed by atoms with van der Waals surface area (Å²) >= 11 is 0. The molecule has 6 nitrogen and oxygen atoms in total. The third-order valence-corrected chi connectivity index (χ3v) is 3.20. The molecular formula is C13H19N5O. The highest BCUT2D eigenvalue weighted by molar-refractivity contribution is 5.49. The molecule has 0 spiro atoms. The molecule has 0 amide bonds. The van der Waals surface area contributed by atoms with E-state index in [4.69, 9.17) is 15.7 Å². The average molecular weight is 261 g/mol. The molecule has 0 radical (unpaired) electrons. The number of nitrogens with one attached hydrogen (secondary N) is 1. The fourth-order valence-electron chi connectivity index (χ4n) is 2.14. The molecule has 1 saturated heterocycles. The van der Waals surface area contributed by atoms with Crippen molar-refractivity contribution in [2.24, 2.45) is 0 Å². The normalized spacial score (nSPS) is 18.2. The Labute approximate surface area is 113 Å². The van der Waals surface area contributed by atoms with Crippen LogP contribution in [0.5, 0.6) is 0 Å². The summed E-state index contributed by atoms with van der Waals surface area (Å²) in [6.07, 6.45) is 7.59. The molecule has 0 bridgehead atoms. The summed E-state index contributed by atoms with van der Waals surface area (Å²) in [6, 6.07) is 1.94. The van der Waals surface area contributed by atoms with Crippen molar-refractivity contribution in [3.8, 4) is 6.07 Å². The van der Waals surface area contributed by atoms with Crippen LogP contribution in [0.1, 0.15) is 37.7 Å². The molecule has 2 rings (SSSR count). The first-order valence-electron chi connectivity index (χ1n) is 6.67. The molecule has 1 atom stereocenters. The maximum atomic E-state index is 8.72. The zero-order chi connectivity index (χ0) is 13.5. The van der Waals surface area contributed by atoms with Gasteiger partial charge in [0.1, 0.15) is 17.5 Å². The Kier molecular flexibility index (Phi) is 4.93. The van der Waals surface area contributed by atoms with Crippen molar-refractivity contribution in [3.63, 3.8) is 0 Å². The fourth-order valence-corrected chi connectivity index (χ4v) is 2.14. The molecule has 1 unspecified atom stereocenters. The monoisotopic (exact) mass is 261 g/mol. The molecule has 0 aliphatic carbocycles. The molecule has 1 fully saturated rings. The molecule has 1 aromatic rings. The summed E-state index contributed by atoms with van der Waals surface area (Å²) in [6.45, 7) is 1.72. The number of rotatable bonds is 6. The number of anilines is 2. The van der Waals surface area contributed by atoms with Crippen molar-refractivity contribution < 1.29 is 4.74 Å².